The Morgan fingerprint density at radius 3 is 2.77 bits per heavy atom. The number of aromatic nitrogens is 4. The minimum Gasteiger partial charge on any atom is -0.478 e. The van der Waals surface area contributed by atoms with E-state index in [2.05, 4.69) is 17.0 Å². The second-order valence-corrected chi connectivity index (χ2v) is 7.66. The number of rotatable bonds is 8. The average Bonchev–Trinajstić information content (AvgIpc) is 3.32. The number of carbonyl (C=O) groups is 2. The SMILES string of the molecule is CCCCc1nc(Cl)c(C=O)n1Cc1ccc2nn(-c3ccccc3C(=O)O)cc2c1. The monoisotopic (exact) mass is 436 g/mol. The van der Waals surface area contributed by atoms with Gasteiger partial charge in [0.2, 0.25) is 0 Å². The molecule has 0 fully saturated rings. The molecule has 0 unspecified atom stereocenters. The second kappa shape index (κ2) is 8.73. The lowest BCUT2D eigenvalue weighted by Crippen LogP contribution is -2.08. The molecule has 4 rings (SSSR count). The highest BCUT2D eigenvalue weighted by atomic mass is 35.5. The number of carboxylic acid groups (broad SMARTS) is 1. The first-order chi connectivity index (χ1) is 15.0. The third-order valence-electron chi connectivity index (χ3n) is 5.20. The van der Waals surface area contributed by atoms with Crippen LogP contribution in [-0.2, 0) is 13.0 Å². The first-order valence-electron chi connectivity index (χ1n) is 10.0. The van der Waals surface area contributed by atoms with E-state index in [0.29, 0.717) is 17.9 Å². The van der Waals surface area contributed by atoms with E-state index in [-0.39, 0.29) is 10.7 Å². The Balaban J connectivity index is 1.71. The zero-order chi connectivity index (χ0) is 22.0. The van der Waals surface area contributed by atoms with Crippen molar-refractivity contribution in [3.05, 3.63) is 76.5 Å². The van der Waals surface area contributed by atoms with Gasteiger partial charge in [0.1, 0.15) is 11.5 Å². The Bertz CT molecular complexity index is 1280. The number of imidazole rings is 1. The number of aldehydes is 1. The molecule has 4 aromatic rings. The Morgan fingerprint density at radius 2 is 2.03 bits per heavy atom. The van der Waals surface area contributed by atoms with Crippen molar-refractivity contribution >= 4 is 34.8 Å². The molecule has 2 aromatic carbocycles. The summed E-state index contributed by atoms with van der Waals surface area (Å²) in [7, 11) is 0. The summed E-state index contributed by atoms with van der Waals surface area (Å²) >= 11 is 6.18. The van der Waals surface area contributed by atoms with E-state index in [0.717, 1.165) is 47.8 Å². The molecule has 0 aliphatic heterocycles. The van der Waals surface area contributed by atoms with Crippen LogP contribution in [0.2, 0.25) is 5.15 Å². The van der Waals surface area contributed by atoms with E-state index in [1.165, 1.54) is 0 Å². The largest absolute Gasteiger partial charge is 0.478 e. The third-order valence-corrected chi connectivity index (χ3v) is 5.48. The van der Waals surface area contributed by atoms with Gasteiger partial charge in [0.05, 0.1) is 16.8 Å². The Morgan fingerprint density at radius 1 is 1.23 bits per heavy atom. The molecule has 8 heteroatoms. The van der Waals surface area contributed by atoms with E-state index < -0.39 is 5.97 Å². The van der Waals surface area contributed by atoms with Crippen LogP contribution >= 0.6 is 11.6 Å². The predicted octanol–water partition coefficient (Wildman–Crippen LogP) is 4.78. The Kier molecular flexibility index (Phi) is 5.86. The van der Waals surface area contributed by atoms with Gasteiger partial charge in [0, 0.05) is 24.5 Å². The van der Waals surface area contributed by atoms with Crippen LogP contribution in [0.1, 0.15) is 52.0 Å². The molecule has 31 heavy (non-hydrogen) atoms. The molecule has 0 atom stereocenters. The fourth-order valence-corrected chi connectivity index (χ4v) is 3.87. The summed E-state index contributed by atoms with van der Waals surface area (Å²) < 4.78 is 3.44. The number of unbranched alkanes of at least 4 members (excludes halogenated alkanes) is 1. The summed E-state index contributed by atoms with van der Waals surface area (Å²) in [4.78, 5) is 27.5. The van der Waals surface area contributed by atoms with Gasteiger partial charge in [-0.2, -0.15) is 5.10 Å². The fraction of sp³-hybridized carbons (Fsp3) is 0.217. The molecule has 0 saturated heterocycles. The molecule has 0 saturated carbocycles. The van der Waals surface area contributed by atoms with Gasteiger partial charge >= 0.3 is 5.97 Å². The first kappa shape index (κ1) is 20.8. The topological polar surface area (TPSA) is 90.0 Å². The zero-order valence-electron chi connectivity index (χ0n) is 17.0. The molecule has 2 aromatic heterocycles. The lowest BCUT2D eigenvalue weighted by molar-refractivity contribution is 0.0696. The number of hydrogen-bond acceptors (Lipinski definition) is 4. The smallest absolute Gasteiger partial charge is 0.337 e. The van der Waals surface area contributed by atoms with E-state index in [4.69, 9.17) is 11.6 Å². The van der Waals surface area contributed by atoms with Gasteiger partial charge in [-0.05, 0) is 36.2 Å². The summed E-state index contributed by atoms with van der Waals surface area (Å²) in [5.74, 6) is -0.214. The van der Waals surface area contributed by atoms with Crippen LogP contribution in [0.15, 0.2) is 48.7 Å². The molecule has 0 spiro atoms. The minimum atomic E-state index is -1.01. The highest BCUT2D eigenvalue weighted by Gasteiger charge is 2.16. The maximum absolute atomic E-state index is 11.6. The number of carboxylic acids is 1. The van der Waals surface area contributed by atoms with Gasteiger partial charge in [-0.25, -0.2) is 14.5 Å². The van der Waals surface area contributed by atoms with Gasteiger partial charge in [0.15, 0.2) is 11.4 Å². The Labute approximate surface area is 183 Å². The normalized spacial score (nSPS) is 11.2. The maximum Gasteiger partial charge on any atom is 0.337 e. The number of hydrogen-bond donors (Lipinski definition) is 1. The van der Waals surface area contributed by atoms with E-state index in [1.54, 1.807) is 35.1 Å². The summed E-state index contributed by atoms with van der Waals surface area (Å²) in [5, 5.41) is 15.1. The maximum atomic E-state index is 11.6. The summed E-state index contributed by atoms with van der Waals surface area (Å²) in [5.41, 5.74) is 2.76. The van der Waals surface area contributed by atoms with Gasteiger partial charge in [-0.3, -0.25) is 4.79 Å². The van der Waals surface area contributed by atoms with E-state index >= 15 is 0 Å². The number of nitrogens with zero attached hydrogens (tertiary/aromatic N) is 4. The van der Waals surface area contributed by atoms with E-state index in [1.807, 2.05) is 22.8 Å². The van der Waals surface area contributed by atoms with Crippen LogP contribution in [-0.4, -0.2) is 36.7 Å². The molecule has 0 bridgehead atoms. The predicted molar refractivity (Wildman–Crippen MR) is 118 cm³/mol. The number of halogens is 1. The quantitative estimate of drug-likeness (QED) is 0.401. The molecule has 0 aliphatic rings. The third kappa shape index (κ3) is 4.09. The van der Waals surface area contributed by atoms with Crippen molar-refractivity contribution in [3.63, 3.8) is 0 Å². The highest BCUT2D eigenvalue weighted by molar-refractivity contribution is 6.31. The van der Waals surface area contributed by atoms with Crippen LogP contribution in [0.4, 0.5) is 0 Å². The van der Waals surface area contributed by atoms with Crippen LogP contribution < -0.4 is 0 Å². The van der Waals surface area contributed by atoms with Crippen molar-refractivity contribution in [2.24, 2.45) is 0 Å². The molecule has 7 nitrogen and oxygen atoms in total. The number of para-hydroxylation sites is 1. The number of carbonyl (C=O) groups excluding carboxylic acids is 1. The van der Waals surface area contributed by atoms with Crippen molar-refractivity contribution in [3.8, 4) is 5.69 Å². The van der Waals surface area contributed by atoms with Crippen LogP contribution in [0, 0.1) is 0 Å². The van der Waals surface area contributed by atoms with Crippen molar-refractivity contribution in [1.29, 1.82) is 0 Å². The van der Waals surface area contributed by atoms with Crippen LogP contribution in [0.25, 0.3) is 16.6 Å². The lowest BCUT2D eigenvalue weighted by Gasteiger charge is -2.09. The van der Waals surface area contributed by atoms with Gasteiger partial charge in [-0.1, -0.05) is 43.1 Å². The van der Waals surface area contributed by atoms with Crippen molar-refractivity contribution in [2.45, 2.75) is 32.7 Å². The van der Waals surface area contributed by atoms with E-state index in [9.17, 15) is 14.7 Å². The van der Waals surface area contributed by atoms with Gasteiger partial charge in [-0.15, -0.1) is 0 Å². The van der Waals surface area contributed by atoms with Crippen molar-refractivity contribution in [1.82, 2.24) is 19.3 Å². The Hall–Kier alpha value is -3.45. The molecule has 0 aliphatic carbocycles. The molecule has 0 amide bonds. The number of aromatic carboxylic acids is 1. The average molecular weight is 437 g/mol. The number of aryl methyl sites for hydroxylation is 1. The van der Waals surface area contributed by atoms with Crippen LogP contribution in [0.5, 0.6) is 0 Å². The molecule has 2 heterocycles. The molecule has 0 radical (unpaired) electrons. The second-order valence-electron chi connectivity index (χ2n) is 7.30. The highest BCUT2D eigenvalue weighted by Crippen LogP contribution is 2.23. The van der Waals surface area contributed by atoms with Gasteiger partial charge in [0.25, 0.3) is 0 Å². The van der Waals surface area contributed by atoms with Crippen molar-refractivity contribution < 1.29 is 14.7 Å². The lowest BCUT2D eigenvalue weighted by atomic mass is 10.1. The minimum absolute atomic E-state index is 0.180. The van der Waals surface area contributed by atoms with Gasteiger partial charge < -0.3 is 9.67 Å². The van der Waals surface area contributed by atoms with Crippen LogP contribution in [0.3, 0.4) is 0 Å². The standard InChI is InChI=1S/C23H21ClN4O3/c1-2-3-8-21-25-22(24)20(14-29)27(21)12-15-9-10-18-16(11-15)13-28(26-18)19-7-5-4-6-17(19)23(30)31/h4-7,9-11,13-14H,2-3,8,12H2,1H3,(H,30,31). The zero-order valence-corrected chi connectivity index (χ0v) is 17.7. The first-order valence-corrected chi connectivity index (χ1v) is 10.4. The summed E-state index contributed by atoms with van der Waals surface area (Å²) in [6.45, 7) is 2.56. The molecule has 1 N–H and O–H groups in total. The summed E-state index contributed by atoms with van der Waals surface area (Å²) in [6, 6.07) is 12.5. The number of fused-ring (bicyclic) bond motifs is 1. The molecular formula is C23H21ClN4O3. The number of benzene rings is 2. The molecular weight excluding hydrogens is 416 g/mol. The van der Waals surface area contributed by atoms with Crippen molar-refractivity contribution in [2.75, 3.05) is 0 Å². The summed E-state index contributed by atoms with van der Waals surface area (Å²) in [6.07, 6.45) is 5.27. The molecule has 158 valence electrons. The fourth-order valence-electron chi connectivity index (χ4n) is 3.63.